The van der Waals surface area contributed by atoms with Gasteiger partial charge in [-0.05, 0) is 11.2 Å². The molecule has 3 aromatic heterocycles. The fourth-order valence-corrected chi connectivity index (χ4v) is 5.75. The van der Waals surface area contributed by atoms with E-state index >= 15 is 0 Å². The van der Waals surface area contributed by atoms with Crippen molar-refractivity contribution in [1.29, 1.82) is 0 Å². The van der Waals surface area contributed by atoms with Crippen LogP contribution in [0.25, 0.3) is 89.7 Å². The van der Waals surface area contributed by atoms with E-state index in [1.165, 1.54) is 0 Å². The number of nitrogens with one attached hydrogen (secondary N) is 2. The zero-order chi connectivity index (χ0) is 27.8. The van der Waals surface area contributed by atoms with E-state index in [0.717, 1.165) is 33.0 Å². The first kappa shape index (κ1) is 25.2. The maximum atomic E-state index is 11.9. The number of benzene rings is 4. The van der Waals surface area contributed by atoms with Crippen LogP contribution >= 0.6 is 0 Å². The van der Waals surface area contributed by atoms with Crippen LogP contribution in [0.15, 0.2) is 96.2 Å². The summed E-state index contributed by atoms with van der Waals surface area (Å²) >= 11 is 0. The fourth-order valence-electron chi connectivity index (χ4n) is 5.75. The molecule has 0 aliphatic carbocycles. The van der Waals surface area contributed by atoms with E-state index in [1.54, 1.807) is 12.1 Å². The first-order valence-electron chi connectivity index (χ1n) is 13.3. The summed E-state index contributed by atoms with van der Waals surface area (Å²) in [7, 11) is 0. The molecule has 4 aromatic carbocycles. The number of fused-ring (bicyclic) bond motifs is 20. The Balaban J connectivity index is 0.00000278. The van der Waals surface area contributed by atoms with Gasteiger partial charge in [-0.3, -0.25) is 0 Å². The predicted molar refractivity (Wildman–Crippen MR) is 162 cm³/mol. The van der Waals surface area contributed by atoms with Crippen molar-refractivity contribution in [3.8, 4) is 45.6 Å². The topological polar surface area (TPSA) is 138 Å². The summed E-state index contributed by atoms with van der Waals surface area (Å²) in [6.07, 6.45) is 0. The van der Waals surface area contributed by atoms with E-state index in [0.29, 0.717) is 56.7 Å². The summed E-state index contributed by atoms with van der Waals surface area (Å²) in [5.41, 5.74) is 5.84. The smallest absolute Gasteiger partial charge is 0.164 e. The monoisotopic (exact) mass is 645 g/mol. The van der Waals surface area contributed by atoms with Gasteiger partial charge in [0.2, 0.25) is 0 Å². The number of nitroso groups, excluding NO2 is 1. The van der Waals surface area contributed by atoms with E-state index in [1.807, 2.05) is 78.9 Å². The van der Waals surface area contributed by atoms with Crippen molar-refractivity contribution in [2.24, 2.45) is 5.18 Å². The van der Waals surface area contributed by atoms with E-state index < -0.39 is 0 Å². The van der Waals surface area contributed by atoms with Crippen molar-refractivity contribution in [3.05, 3.63) is 95.9 Å². The Bertz CT molecular complexity index is 2460. The van der Waals surface area contributed by atoms with Gasteiger partial charge >= 0.3 is 0 Å². The summed E-state index contributed by atoms with van der Waals surface area (Å²) < 4.78 is 0. The van der Waals surface area contributed by atoms with Gasteiger partial charge in [0, 0.05) is 57.9 Å². The third-order valence-corrected chi connectivity index (χ3v) is 7.66. The molecule has 204 valence electrons. The molecule has 2 aliphatic heterocycles. The first-order valence-corrected chi connectivity index (χ1v) is 13.3. The molecule has 2 N–H and O–H groups in total. The predicted octanol–water partition coefficient (Wildman–Crippen LogP) is 7.26. The second-order valence-corrected chi connectivity index (χ2v) is 10.0. The summed E-state index contributed by atoms with van der Waals surface area (Å²) in [6.45, 7) is 0. The molecule has 0 saturated carbocycles. The number of hydrogen-bond donors (Lipinski definition) is 2. The van der Waals surface area contributed by atoms with Crippen LogP contribution < -0.4 is 0 Å². The molecule has 8 bridgehead atoms. The van der Waals surface area contributed by atoms with Crippen LogP contribution in [-0.4, -0.2) is 39.9 Å². The average Bonchev–Trinajstić information content (AvgIpc) is 3.76. The quantitative estimate of drug-likeness (QED) is 0.142. The Morgan fingerprint density at radius 3 is 1.33 bits per heavy atom. The van der Waals surface area contributed by atoms with Gasteiger partial charge in [0.1, 0.15) is 28.3 Å². The number of rotatable bonds is 1. The zero-order valence-electron chi connectivity index (χ0n) is 22.1. The second kappa shape index (κ2) is 9.50. The molecule has 0 atom stereocenters. The van der Waals surface area contributed by atoms with Gasteiger partial charge in [-0.15, -0.1) is 4.91 Å². The van der Waals surface area contributed by atoms with Gasteiger partial charge in [0.05, 0.1) is 5.39 Å². The normalized spacial score (nSPS) is 11.6. The minimum Gasteiger partial charge on any atom is -0.324 e. The van der Waals surface area contributed by atoms with Crippen LogP contribution in [0.5, 0.6) is 0 Å². The molecule has 0 fully saturated rings. The van der Waals surface area contributed by atoms with Gasteiger partial charge in [-0.25, -0.2) is 29.9 Å². The third-order valence-electron chi connectivity index (χ3n) is 7.66. The van der Waals surface area contributed by atoms with Crippen molar-refractivity contribution in [2.45, 2.75) is 0 Å². The fraction of sp³-hybridized carbons (Fsp3) is 0. The minimum absolute atomic E-state index is 0. The van der Waals surface area contributed by atoms with Crippen LogP contribution in [0, 0.1) is 4.91 Å². The minimum atomic E-state index is 0. The van der Waals surface area contributed by atoms with Crippen LogP contribution in [0.1, 0.15) is 0 Å². The van der Waals surface area contributed by atoms with Gasteiger partial charge < -0.3 is 9.97 Å². The first-order chi connectivity index (χ1) is 20.7. The van der Waals surface area contributed by atoms with Crippen LogP contribution in [0.3, 0.4) is 0 Å². The van der Waals surface area contributed by atoms with Gasteiger partial charge in [0.25, 0.3) is 0 Å². The molecule has 9 rings (SSSR count). The Morgan fingerprint density at radius 2 is 0.837 bits per heavy atom. The van der Waals surface area contributed by atoms with Crippen molar-refractivity contribution in [3.63, 3.8) is 0 Å². The molecule has 0 spiro atoms. The molecule has 0 saturated heterocycles. The molecule has 0 unspecified atom stereocenters. The van der Waals surface area contributed by atoms with Crippen molar-refractivity contribution < 1.29 is 19.5 Å². The molecule has 10 nitrogen and oxygen atoms in total. The average molecular weight is 645 g/mol. The van der Waals surface area contributed by atoms with Crippen molar-refractivity contribution in [1.82, 2.24) is 39.9 Å². The van der Waals surface area contributed by atoms with Crippen LogP contribution in [0.2, 0.25) is 0 Å². The largest absolute Gasteiger partial charge is 0.324 e. The Hall–Kier alpha value is -5.54. The summed E-state index contributed by atoms with van der Waals surface area (Å²) in [5.74, 6) is 2.01. The van der Waals surface area contributed by atoms with E-state index in [2.05, 4.69) is 15.1 Å². The number of hydrogen-bond acceptors (Lipinski definition) is 8. The number of aromatic amines is 2. The van der Waals surface area contributed by atoms with E-state index in [4.69, 9.17) is 29.9 Å². The maximum absolute atomic E-state index is 11.9. The zero-order valence-corrected chi connectivity index (χ0v) is 23.8. The second-order valence-electron chi connectivity index (χ2n) is 10.0. The molecule has 0 amide bonds. The van der Waals surface area contributed by atoms with E-state index in [9.17, 15) is 4.91 Å². The van der Waals surface area contributed by atoms with Gasteiger partial charge in [-0.1, -0.05) is 84.9 Å². The van der Waals surface area contributed by atoms with E-state index in [-0.39, 0.29) is 25.2 Å². The van der Waals surface area contributed by atoms with Crippen LogP contribution in [-0.2, 0) is 19.5 Å². The Kier molecular flexibility index (Phi) is 5.57. The number of H-pyrrole nitrogens is 2. The SMILES string of the molecule is O=Nc1cccc2c3nc4nc(nc5[nH]c(nc6nc(nc([nH]3)c12)-c1ccccc1-6)c1ccccc51)-c1ccccc1-4.[Ru]. The molecular formula is C32H17N9ORu. The summed E-state index contributed by atoms with van der Waals surface area (Å²) in [5, 5.41) is 6.37. The Morgan fingerprint density at radius 1 is 0.442 bits per heavy atom. The molecular weight excluding hydrogens is 627 g/mol. The standard InChI is InChI=1S/C32H17N9O.Ru/c42-41-23-15-7-14-22-24(23)32-39-30-21-13-6-5-12-20(21)28(37-30)35-26-17-9-2-1-8-16(17)25(33-26)34-27-18-10-3-4-11-19(18)29(36-27)38-31(22)40-32;/h1-15H,(H2,33,34,35,36,37,38,39,40);. The molecule has 5 heterocycles. The van der Waals surface area contributed by atoms with Crippen LogP contribution in [0.4, 0.5) is 5.69 Å². The Labute approximate surface area is 255 Å². The summed E-state index contributed by atoms with van der Waals surface area (Å²) in [4.78, 5) is 48.2. The van der Waals surface area contributed by atoms with Crippen molar-refractivity contribution in [2.75, 3.05) is 0 Å². The van der Waals surface area contributed by atoms with Gasteiger partial charge in [-0.2, -0.15) is 0 Å². The number of nitrogens with zero attached hydrogens (tertiary/aromatic N) is 7. The maximum Gasteiger partial charge on any atom is 0.164 e. The molecule has 7 aromatic rings. The molecule has 11 heteroatoms. The van der Waals surface area contributed by atoms with Crippen molar-refractivity contribution >= 4 is 49.8 Å². The molecule has 0 radical (unpaired) electrons. The van der Waals surface area contributed by atoms with Gasteiger partial charge in [0.15, 0.2) is 23.3 Å². The number of aromatic nitrogens is 8. The molecule has 43 heavy (non-hydrogen) atoms. The third kappa shape index (κ3) is 3.75. The summed E-state index contributed by atoms with van der Waals surface area (Å²) in [6, 6.07) is 28.9. The molecule has 2 aliphatic rings.